The third-order valence-corrected chi connectivity index (χ3v) is 10.9. The first kappa shape index (κ1) is 22.8. The van der Waals surface area contributed by atoms with Crippen molar-refractivity contribution in [3.8, 4) is 0 Å². The molecular formula is C33H45N. The molecule has 0 spiro atoms. The molecule has 2 aromatic carbocycles. The molecule has 0 heterocycles. The molecule has 0 aliphatic heterocycles. The summed E-state index contributed by atoms with van der Waals surface area (Å²) in [6.45, 7) is 12.3. The van der Waals surface area contributed by atoms with Gasteiger partial charge in [0.15, 0.2) is 0 Å². The average Bonchev–Trinajstić information content (AvgIpc) is 3.15. The van der Waals surface area contributed by atoms with E-state index in [0.29, 0.717) is 10.8 Å². The molecule has 4 aliphatic rings. The largest absolute Gasteiger partial charge is 0.309 e. The van der Waals surface area contributed by atoms with E-state index in [1.807, 2.05) is 0 Å². The minimum absolute atomic E-state index is 0.233. The van der Waals surface area contributed by atoms with Crippen LogP contribution in [0.2, 0.25) is 0 Å². The molecule has 0 unspecified atom stereocenters. The van der Waals surface area contributed by atoms with Crippen molar-refractivity contribution in [1.82, 2.24) is 5.32 Å². The van der Waals surface area contributed by atoms with Gasteiger partial charge < -0.3 is 5.32 Å². The van der Waals surface area contributed by atoms with Crippen LogP contribution >= 0.6 is 0 Å². The molecule has 1 N–H and O–H groups in total. The molecule has 0 aromatic heterocycles. The van der Waals surface area contributed by atoms with Crippen molar-refractivity contribution >= 4 is 16.3 Å². The zero-order valence-corrected chi connectivity index (χ0v) is 22.2. The van der Waals surface area contributed by atoms with Gasteiger partial charge in [-0.15, -0.1) is 0 Å². The molecule has 3 saturated carbocycles. The van der Waals surface area contributed by atoms with Gasteiger partial charge in [-0.3, -0.25) is 0 Å². The van der Waals surface area contributed by atoms with Crippen LogP contribution in [-0.4, -0.2) is 11.6 Å². The quantitative estimate of drug-likeness (QED) is 0.478. The Hall–Kier alpha value is -1.60. The average molecular weight is 456 g/mol. The van der Waals surface area contributed by atoms with Gasteiger partial charge >= 0.3 is 0 Å². The minimum atomic E-state index is 0.233. The fourth-order valence-corrected chi connectivity index (χ4v) is 9.37. The predicted molar refractivity (Wildman–Crippen MR) is 146 cm³/mol. The molecule has 4 aliphatic carbocycles. The van der Waals surface area contributed by atoms with E-state index in [0.717, 1.165) is 29.7 Å². The first-order chi connectivity index (χ1) is 16.2. The van der Waals surface area contributed by atoms with Crippen LogP contribution < -0.4 is 5.32 Å². The van der Waals surface area contributed by atoms with Gasteiger partial charge in [-0.05, 0) is 135 Å². The Morgan fingerprint density at radius 1 is 0.853 bits per heavy atom. The van der Waals surface area contributed by atoms with Crippen molar-refractivity contribution in [3.63, 3.8) is 0 Å². The first-order valence-corrected chi connectivity index (χ1v) is 14.1. The zero-order chi connectivity index (χ0) is 23.7. The van der Waals surface area contributed by atoms with E-state index in [-0.39, 0.29) is 5.54 Å². The van der Waals surface area contributed by atoms with Crippen molar-refractivity contribution < 1.29 is 0 Å². The van der Waals surface area contributed by atoms with Crippen LogP contribution in [0.3, 0.4) is 0 Å². The Labute approximate surface area is 207 Å². The molecule has 1 nitrogen and oxygen atoms in total. The summed E-state index contributed by atoms with van der Waals surface area (Å²) in [6, 6.07) is 16.8. The van der Waals surface area contributed by atoms with E-state index in [1.165, 1.54) is 67.7 Å². The molecule has 2 aromatic rings. The van der Waals surface area contributed by atoms with Crippen molar-refractivity contribution in [1.29, 1.82) is 0 Å². The summed E-state index contributed by atoms with van der Waals surface area (Å²) >= 11 is 0. The maximum absolute atomic E-state index is 3.95. The van der Waals surface area contributed by atoms with Gasteiger partial charge in [-0.2, -0.15) is 0 Å². The zero-order valence-electron chi connectivity index (χ0n) is 22.2. The number of allylic oxidation sites excluding steroid dienone is 2. The van der Waals surface area contributed by atoms with E-state index in [1.54, 1.807) is 5.57 Å². The smallest absolute Gasteiger partial charge is 0.00991 e. The fourth-order valence-electron chi connectivity index (χ4n) is 9.37. The van der Waals surface area contributed by atoms with Crippen molar-refractivity contribution in [2.75, 3.05) is 0 Å². The summed E-state index contributed by atoms with van der Waals surface area (Å²) in [5.41, 5.74) is 4.30. The second kappa shape index (κ2) is 7.95. The normalized spacial score (nSPS) is 39.8. The minimum Gasteiger partial charge on any atom is -0.309 e. The molecule has 0 amide bonds. The van der Waals surface area contributed by atoms with E-state index in [4.69, 9.17) is 0 Å². The third kappa shape index (κ3) is 3.60. The molecular weight excluding hydrogens is 410 g/mol. The highest BCUT2D eigenvalue weighted by Crippen LogP contribution is 2.67. The van der Waals surface area contributed by atoms with E-state index >= 15 is 0 Å². The van der Waals surface area contributed by atoms with Crippen molar-refractivity contribution in [2.24, 2.45) is 34.5 Å². The van der Waals surface area contributed by atoms with Crippen LogP contribution in [0.15, 0.2) is 48.5 Å². The SMILES string of the molecule is CC(C)(C)N[C@H]1CC[C@@]2(C)[C@@H](CC[C@@H]3[C@@H]2CC[C@]2(C)C(c4ccc5ccccc5c4)=CC[C@@H]32)C1. The maximum atomic E-state index is 3.95. The Balaban J connectivity index is 1.23. The number of fused-ring (bicyclic) bond motifs is 6. The van der Waals surface area contributed by atoms with Crippen LogP contribution in [0.25, 0.3) is 16.3 Å². The molecule has 3 fully saturated rings. The molecule has 6 rings (SSSR count). The lowest BCUT2D eigenvalue weighted by Gasteiger charge is -2.61. The molecule has 34 heavy (non-hydrogen) atoms. The third-order valence-electron chi connectivity index (χ3n) is 10.9. The summed E-state index contributed by atoms with van der Waals surface area (Å²) in [6.07, 6.45) is 13.9. The van der Waals surface area contributed by atoms with Gasteiger partial charge in [-0.25, -0.2) is 0 Å². The van der Waals surface area contributed by atoms with Gasteiger partial charge in [0.05, 0.1) is 0 Å². The van der Waals surface area contributed by atoms with Gasteiger partial charge in [0, 0.05) is 11.6 Å². The summed E-state index contributed by atoms with van der Waals surface area (Å²) < 4.78 is 0. The van der Waals surface area contributed by atoms with Gasteiger partial charge in [0.25, 0.3) is 0 Å². The first-order valence-electron chi connectivity index (χ1n) is 14.1. The summed E-state index contributed by atoms with van der Waals surface area (Å²) in [5.74, 6) is 3.61. The Morgan fingerprint density at radius 3 is 2.44 bits per heavy atom. The fraction of sp³-hybridized carbons (Fsp3) is 0.636. The van der Waals surface area contributed by atoms with Crippen LogP contribution in [0, 0.1) is 34.5 Å². The number of hydrogen-bond acceptors (Lipinski definition) is 1. The van der Waals surface area contributed by atoms with Crippen LogP contribution in [-0.2, 0) is 0 Å². The summed E-state index contributed by atoms with van der Waals surface area (Å²) in [4.78, 5) is 0. The van der Waals surface area contributed by atoms with Gasteiger partial charge in [0.1, 0.15) is 0 Å². The van der Waals surface area contributed by atoms with Crippen molar-refractivity contribution in [3.05, 3.63) is 54.1 Å². The maximum Gasteiger partial charge on any atom is 0.00991 e. The summed E-state index contributed by atoms with van der Waals surface area (Å²) in [7, 11) is 0. The molecule has 182 valence electrons. The summed E-state index contributed by atoms with van der Waals surface area (Å²) in [5, 5.41) is 6.70. The standard InChI is InChI=1S/C33H45N/c1-31(2,3)34-26-16-18-32(4)25(21-26)12-13-27-29-15-14-28(33(29,5)19-17-30(27)32)24-11-10-22-8-6-7-9-23(22)20-24/h6-11,14,20,25-27,29-30,34H,12-13,15-19,21H2,1-5H3/t25-,26-,27-,29-,30-,32-,33+/m0/s1. The predicted octanol–water partition coefficient (Wildman–Crippen LogP) is 8.63. The van der Waals surface area contributed by atoms with Gasteiger partial charge in [0.2, 0.25) is 0 Å². The highest BCUT2D eigenvalue weighted by Gasteiger charge is 2.58. The number of hydrogen-bond donors (Lipinski definition) is 1. The second-order valence-electron chi connectivity index (χ2n) is 13.9. The van der Waals surface area contributed by atoms with Crippen LogP contribution in [0.4, 0.5) is 0 Å². The van der Waals surface area contributed by atoms with Crippen molar-refractivity contribution in [2.45, 2.75) is 97.6 Å². The monoisotopic (exact) mass is 455 g/mol. The molecule has 0 bridgehead atoms. The second-order valence-corrected chi connectivity index (χ2v) is 13.9. The molecule has 0 saturated heterocycles. The topological polar surface area (TPSA) is 12.0 Å². The number of benzene rings is 2. The Morgan fingerprint density at radius 2 is 1.65 bits per heavy atom. The van der Waals surface area contributed by atoms with E-state index < -0.39 is 0 Å². The lowest BCUT2D eigenvalue weighted by Crippen LogP contribution is -2.56. The molecule has 1 heteroatoms. The van der Waals surface area contributed by atoms with Gasteiger partial charge in [-0.1, -0.05) is 56.3 Å². The highest BCUT2D eigenvalue weighted by molar-refractivity contribution is 5.87. The van der Waals surface area contributed by atoms with E-state index in [9.17, 15) is 0 Å². The Bertz CT molecular complexity index is 1100. The highest BCUT2D eigenvalue weighted by atomic mass is 15.0. The lowest BCUT2D eigenvalue weighted by atomic mass is 9.44. The Kier molecular flexibility index (Phi) is 5.34. The number of nitrogens with one attached hydrogen (secondary N) is 1. The van der Waals surface area contributed by atoms with Crippen LogP contribution in [0.1, 0.15) is 91.5 Å². The van der Waals surface area contributed by atoms with Crippen LogP contribution in [0.5, 0.6) is 0 Å². The lowest BCUT2D eigenvalue weighted by molar-refractivity contribution is -0.101. The van der Waals surface area contributed by atoms with E-state index in [2.05, 4.69) is 88.5 Å². The number of rotatable bonds is 2. The molecule has 7 atom stereocenters. The molecule has 0 radical (unpaired) electrons.